The van der Waals surface area contributed by atoms with Crippen molar-refractivity contribution >= 4 is 16.6 Å². The molecule has 0 saturated carbocycles. The lowest BCUT2D eigenvalue weighted by Crippen LogP contribution is -2.47. The van der Waals surface area contributed by atoms with E-state index < -0.39 is 16.6 Å². The summed E-state index contributed by atoms with van der Waals surface area (Å²) in [5, 5.41) is 10.00. The molecule has 0 radical (unpaired) electrons. The van der Waals surface area contributed by atoms with Gasteiger partial charge >= 0.3 is 0 Å². The standard InChI is InChI=1S/C20H42O3Si2/c1-18(2,3)24(7,8)22-15-20(12-11-17(13-20)14-21)16-23-25(9,10)19(4,5)6/h11,21H,12-16H2,1-10H3. The average molecular weight is 387 g/mol. The first-order valence-electron chi connectivity index (χ1n) is 9.62. The summed E-state index contributed by atoms with van der Waals surface area (Å²) in [6.07, 6.45) is 4.04. The van der Waals surface area contributed by atoms with E-state index in [1.54, 1.807) is 0 Å². The van der Waals surface area contributed by atoms with Crippen LogP contribution >= 0.6 is 0 Å². The molecule has 25 heavy (non-hydrogen) atoms. The second kappa shape index (κ2) is 7.59. The van der Waals surface area contributed by atoms with Gasteiger partial charge in [0.05, 0.1) is 6.61 Å². The van der Waals surface area contributed by atoms with Crippen LogP contribution in [0.25, 0.3) is 0 Å². The van der Waals surface area contributed by atoms with Gasteiger partial charge < -0.3 is 14.0 Å². The summed E-state index contributed by atoms with van der Waals surface area (Å²) in [6, 6.07) is 0. The Labute approximate surface area is 158 Å². The third kappa shape index (κ3) is 5.76. The van der Waals surface area contributed by atoms with Crippen LogP contribution in [0, 0.1) is 5.41 Å². The van der Waals surface area contributed by atoms with Crippen LogP contribution in [0.5, 0.6) is 0 Å². The first-order chi connectivity index (χ1) is 11.1. The Balaban J connectivity index is 2.87. The normalized spacial score (nSPS) is 19.2. The van der Waals surface area contributed by atoms with Crippen molar-refractivity contribution < 1.29 is 14.0 Å². The molecule has 1 aliphatic carbocycles. The van der Waals surface area contributed by atoms with Crippen molar-refractivity contribution in [1.82, 2.24) is 0 Å². The van der Waals surface area contributed by atoms with Crippen LogP contribution in [0.4, 0.5) is 0 Å². The van der Waals surface area contributed by atoms with E-state index in [1.807, 2.05) is 0 Å². The Morgan fingerprint density at radius 3 is 1.60 bits per heavy atom. The molecule has 1 rings (SSSR count). The Hall–Kier alpha value is 0.0538. The molecule has 0 unspecified atom stereocenters. The van der Waals surface area contributed by atoms with Gasteiger partial charge in [-0.3, -0.25) is 0 Å². The molecule has 0 aromatic heterocycles. The van der Waals surface area contributed by atoms with Crippen molar-refractivity contribution in [2.24, 2.45) is 5.41 Å². The third-order valence-corrected chi connectivity index (χ3v) is 15.7. The van der Waals surface area contributed by atoms with Crippen molar-refractivity contribution in [3.63, 3.8) is 0 Å². The molecule has 0 heterocycles. The number of allylic oxidation sites excluding steroid dienone is 1. The van der Waals surface area contributed by atoms with E-state index >= 15 is 0 Å². The van der Waals surface area contributed by atoms with Crippen LogP contribution in [0.2, 0.25) is 36.3 Å². The van der Waals surface area contributed by atoms with E-state index in [2.05, 4.69) is 73.8 Å². The van der Waals surface area contributed by atoms with Crippen molar-refractivity contribution in [3.8, 4) is 0 Å². The molecule has 0 spiro atoms. The fraction of sp³-hybridized carbons (Fsp3) is 0.900. The molecule has 0 saturated heterocycles. The maximum absolute atomic E-state index is 9.58. The minimum atomic E-state index is -1.79. The van der Waals surface area contributed by atoms with Crippen LogP contribution in [0.3, 0.4) is 0 Å². The molecule has 0 fully saturated rings. The highest BCUT2D eigenvalue weighted by atomic mass is 28.4. The molecule has 0 bridgehead atoms. The number of hydrogen-bond donors (Lipinski definition) is 1. The summed E-state index contributed by atoms with van der Waals surface area (Å²) < 4.78 is 13.2. The molecule has 5 heteroatoms. The molecule has 148 valence electrons. The molecule has 1 N–H and O–H groups in total. The second-order valence-electron chi connectivity index (χ2n) is 11.0. The van der Waals surface area contributed by atoms with Gasteiger partial charge in [-0.1, -0.05) is 47.6 Å². The number of aliphatic hydroxyl groups is 1. The van der Waals surface area contributed by atoms with E-state index in [4.69, 9.17) is 8.85 Å². The Kier molecular flexibility index (Phi) is 7.01. The van der Waals surface area contributed by atoms with Crippen LogP contribution < -0.4 is 0 Å². The molecule has 0 aromatic carbocycles. The van der Waals surface area contributed by atoms with Crippen LogP contribution in [0.1, 0.15) is 54.4 Å². The fourth-order valence-electron chi connectivity index (χ4n) is 2.47. The van der Waals surface area contributed by atoms with Gasteiger partial charge in [0.2, 0.25) is 0 Å². The van der Waals surface area contributed by atoms with Crippen LogP contribution in [-0.2, 0) is 8.85 Å². The van der Waals surface area contributed by atoms with Gasteiger partial charge in [-0.2, -0.15) is 0 Å². The monoisotopic (exact) mass is 386 g/mol. The summed E-state index contributed by atoms with van der Waals surface area (Å²) >= 11 is 0. The molecular weight excluding hydrogens is 344 g/mol. The highest BCUT2D eigenvalue weighted by Crippen LogP contribution is 2.44. The number of hydrogen-bond acceptors (Lipinski definition) is 3. The van der Waals surface area contributed by atoms with Gasteiger partial charge in [0.15, 0.2) is 16.6 Å². The molecule has 0 aliphatic heterocycles. The quantitative estimate of drug-likeness (QED) is 0.448. The second-order valence-corrected chi connectivity index (χ2v) is 20.6. The van der Waals surface area contributed by atoms with E-state index in [1.165, 1.54) is 0 Å². The van der Waals surface area contributed by atoms with Gasteiger partial charge in [0.25, 0.3) is 0 Å². The largest absolute Gasteiger partial charge is 0.416 e. The maximum atomic E-state index is 9.58. The minimum Gasteiger partial charge on any atom is -0.416 e. The Bertz CT molecular complexity index is 452. The fourth-order valence-corrected chi connectivity index (χ4v) is 4.67. The van der Waals surface area contributed by atoms with Crippen molar-refractivity contribution in [3.05, 3.63) is 11.6 Å². The van der Waals surface area contributed by atoms with Gasteiger partial charge in [-0.25, -0.2) is 0 Å². The molecule has 1 aliphatic rings. The van der Waals surface area contributed by atoms with E-state index in [-0.39, 0.29) is 22.1 Å². The number of rotatable bonds is 7. The lowest BCUT2D eigenvalue weighted by molar-refractivity contribution is 0.0724. The zero-order chi connectivity index (χ0) is 19.7. The van der Waals surface area contributed by atoms with Crippen molar-refractivity contribution in [2.75, 3.05) is 19.8 Å². The maximum Gasteiger partial charge on any atom is 0.192 e. The van der Waals surface area contributed by atoms with Gasteiger partial charge in [-0.15, -0.1) is 0 Å². The first-order valence-corrected chi connectivity index (χ1v) is 15.4. The van der Waals surface area contributed by atoms with Crippen LogP contribution in [-0.4, -0.2) is 41.6 Å². The summed E-state index contributed by atoms with van der Waals surface area (Å²) in [7, 11) is -3.59. The van der Waals surface area contributed by atoms with E-state index in [0.29, 0.717) is 0 Å². The Morgan fingerprint density at radius 2 is 1.32 bits per heavy atom. The first kappa shape index (κ1) is 23.1. The van der Waals surface area contributed by atoms with Crippen molar-refractivity contribution in [1.29, 1.82) is 0 Å². The van der Waals surface area contributed by atoms with E-state index in [0.717, 1.165) is 31.6 Å². The molecule has 0 amide bonds. The van der Waals surface area contributed by atoms with Gasteiger partial charge in [0, 0.05) is 18.6 Å². The zero-order valence-electron chi connectivity index (χ0n) is 18.4. The SMILES string of the molecule is CC(C)(C)[Si](C)(C)OCC1(CO[Si](C)(C)C(C)(C)C)CC=C(CO)C1. The smallest absolute Gasteiger partial charge is 0.192 e. The molecule has 0 atom stereocenters. The molecule has 0 aromatic rings. The minimum absolute atomic E-state index is 0.0108. The zero-order valence-corrected chi connectivity index (χ0v) is 20.4. The number of aliphatic hydroxyl groups excluding tert-OH is 1. The summed E-state index contributed by atoms with van der Waals surface area (Å²) in [5.74, 6) is 0. The average Bonchev–Trinajstić information content (AvgIpc) is 2.85. The lowest BCUT2D eigenvalue weighted by Gasteiger charge is -2.43. The van der Waals surface area contributed by atoms with E-state index in [9.17, 15) is 5.11 Å². The highest BCUT2D eigenvalue weighted by Gasteiger charge is 2.44. The van der Waals surface area contributed by atoms with Crippen LogP contribution in [0.15, 0.2) is 11.6 Å². The predicted octanol–water partition coefficient (Wildman–Crippen LogP) is 5.73. The summed E-state index contributed by atoms with van der Waals surface area (Å²) in [6.45, 7) is 24.6. The third-order valence-electron chi connectivity index (χ3n) is 6.72. The lowest BCUT2D eigenvalue weighted by atomic mass is 9.86. The summed E-state index contributed by atoms with van der Waals surface area (Å²) in [4.78, 5) is 0. The van der Waals surface area contributed by atoms with Gasteiger partial charge in [0.1, 0.15) is 0 Å². The topological polar surface area (TPSA) is 38.7 Å². The highest BCUT2D eigenvalue weighted by molar-refractivity contribution is 6.74. The van der Waals surface area contributed by atoms with Gasteiger partial charge in [-0.05, 0) is 54.7 Å². The van der Waals surface area contributed by atoms with Crippen molar-refractivity contribution in [2.45, 2.75) is 90.6 Å². The Morgan fingerprint density at radius 1 is 0.920 bits per heavy atom. The molecular formula is C20H42O3Si2. The predicted molar refractivity (Wildman–Crippen MR) is 113 cm³/mol. The molecule has 3 nitrogen and oxygen atoms in total. The summed E-state index contributed by atoms with van der Waals surface area (Å²) in [5.41, 5.74) is 1.13.